The standard InChI is InChI=1S/C31H32ClN4O4/c1-4-40-31(39)24-9-10-25-19-35(30(38)23-11-13-26(32)14-12-23)20-28(37)36(27(25)17-24)18-21-5-7-22(8-6-21)29-33(2)15-16-34(29)3/h5-14,17H,4,15-16,18-20H2,1-3H3/q+1. The van der Waals surface area contributed by atoms with Crippen LogP contribution in [0.5, 0.6) is 0 Å². The number of anilines is 1. The van der Waals surface area contributed by atoms with E-state index in [2.05, 4.69) is 35.7 Å². The molecular formula is C31H32ClN4O4+. The first-order valence-electron chi connectivity index (χ1n) is 13.3. The Morgan fingerprint density at radius 2 is 1.68 bits per heavy atom. The molecule has 2 aliphatic rings. The Labute approximate surface area is 239 Å². The maximum Gasteiger partial charge on any atom is 0.338 e. The minimum absolute atomic E-state index is 0.101. The molecule has 40 heavy (non-hydrogen) atoms. The third-order valence-corrected chi connectivity index (χ3v) is 7.55. The van der Waals surface area contributed by atoms with Gasteiger partial charge in [-0.15, -0.1) is 0 Å². The largest absolute Gasteiger partial charge is 0.462 e. The molecule has 0 saturated heterocycles. The topological polar surface area (TPSA) is 73.2 Å². The number of ether oxygens (including phenoxy) is 1. The number of esters is 1. The maximum absolute atomic E-state index is 13.7. The van der Waals surface area contributed by atoms with Crippen LogP contribution in [0.25, 0.3) is 0 Å². The Hall–Kier alpha value is -4.17. The molecule has 0 bridgehead atoms. The molecule has 2 heterocycles. The van der Waals surface area contributed by atoms with Gasteiger partial charge in [-0.1, -0.05) is 29.8 Å². The van der Waals surface area contributed by atoms with Crippen LogP contribution >= 0.6 is 11.6 Å². The quantitative estimate of drug-likeness (QED) is 0.337. The van der Waals surface area contributed by atoms with Crippen molar-refractivity contribution in [1.29, 1.82) is 0 Å². The van der Waals surface area contributed by atoms with Crippen LogP contribution in [0.4, 0.5) is 5.69 Å². The average molecular weight is 560 g/mol. The molecule has 0 aliphatic carbocycles. The summed E-state index contributed by atoms with van der Waals surface area (Å²) in [6.07, 6.45) is 0. The molecule has 0 unspecified atom stereocenters. The second-order valence-corrected chi connectivity index (χ2v) is 10.5. The van der Waals surface area contributed by atoms with Gasteiger partial charge in [0, 0.05) is 22.8 Å². The highest BCUT2D eigenvalue weighted by Gasteiger charge is 2.31. The van der Waals surface area contributed by atoms with Gasteiger partial charge in [-0.2, -0.15) is 0 Å². The first-order chi connectivity index (χ1) is 19.2. The van der Waals surface area contributed by atoms with Crippen molar-refractivity contribution in [2.75, 3.05) is 45.2 Å². The lowest BCUT2D eigenvalue weighted by molar-refractivity contribution is -0.486. The molecule has 0 N–H and O–H groups in total. The predicted octanol–water partition coefficient (Wildman–Crippen LogP) is 4.04. The van der Waals surface area contributed by atoms with Crippen molar-refractivity contribution in [3.8, 4) is 0 Å². The van der Waals surface area contributed by atoms with E-state index in [0.29, 0.717) is 28.4 Å². The molecule has 0 aromatic heterocycles. The summed E-state index contributed by atoms with van der Waals surface area (Å²) >= 11 is 6.01. The molecule has 2 aliphatic heterocycles. The molecular weight excluding hydrogens is 528 g/mol. The van der Waals surface area contributed by atoms with Crippen molar-refractivity contribution in [1.82, 2.24) is 9.80 Å². The van der Waals surface area contributed by atoms with Gasteiger partial charge >= 0.3 is 5.97 Å². The van der Waals surface area contributed by atoms with Gasteiger partial charge in [0.05, 0.1) is 38.4 Å². The molecule has 5 rings (SSSR count). The van der Waals surface area contributed by atoms with E-state index in [1.807, 2.05) is 12.1 Å². The van der Waals surface area contributed by atoms with E-state index in [0.717, 1.165) is 35.6 Å². The molecule has 0 saturated carbocycles. The lowest BCUT2D eigenvalue weighted by Gasteiger charge is -2.24. The molecule has 3 aromatic carbocycles. The van der Waals surface area contributed by atoms with Crippen LogP contribution in [0.2, 0.25) is 5.02 Å². The van der Waals surface area contributed by atoms with E-state index >= 15 is 0 Å². The lowest BCUT2D eigenvalue weighted by Crippen LogP contribution is -2.39. The fraction of sp³-hybridized carbons (Fsp3) is 0.290. The number of hydrogen-bond acceptors (Lipinski definition) is 5. The number of benzene rings is 3. The normalized spacial score (nSPS) is 15.3. The number of nitrogens with zero attached hydrogens (tertiary/aromatic N) is 4. The maximum atomic E-state index is 13.7. The van der Waals surface area contributed by atoms with Crippen molar-refractivity contribution in [2.24, 2.45) is 0 Å². The highest BCUT2D eigenvalue weighted by atomic mass is 35.5. The summed E-state index contributed by atoms with van der Waals surface area (Å²) in [5.41, 5.74) is 4.21. The summed E-state index contributed by atoms with van der Waals surface area (Å²) in [5, 5.41) is 0.530. The van der Waals surface area contributed by atoms with Crippen LogP contribution in [0, 0.1) is 0 Å². The molecule has 9 heteroatoms. The van der Waals surface area contributed by atoms with E-state index in [1.165, 1.54) is 4.90 Å². The summed E-state index contributed by atoms with van der Waals surface area (Å²) in [6, 6.07) is 20.0. The molecule has 2 amide bonds. The monoisotopic (exact) mass is 559 g/mol. The number of amides is 2. The zero-order valence-corrected chi connectivity index (χ0v) is 23.6. The van der Waals surface area contributed by atoms with Crippen LogP contribution in [-0.2, 0) is 22.6 Å². The van der Waals surface area contributed by atoms with E-state index < -0.39 is 5.97 Å². The summed E-state index contributed by atoms with van der Waals surface area (Å²) in [4.78, 5) is 45.1. The zero-order chi connectivity index (χ0) is 28.4. The Kier molecular flexibility index (Phi) is 7.89. The molecule has 0 fully saturated rings. The van der Waals surface area contributed by atoms with Gasteiger partial charge in [-0.05, 0) is 66.6 Å². The molecule has 0 radical (unpaired) electrons. The highest BCUT2D eigenvalue weighted by Crippen LogP contribution is 2.30. The Morgan fingerprint density at radius 3 is 2.33 bits per heavy atom. The van der Waals surface area contributed by atoms with Crippen molar-refractivity contribution in [3.63, 3.8) is 0 Å². The molecule has 0 atom stereocenters. The van der Waals surface area contributed by atoms with Crippen molar-refractivity contribution >= 4 is 40.9 Å². The number of carbonyl (C=O) groups is 3. The molecule has 0 spiro atoms. The minimum Gasteiger partial charge on any atom is -0.462 e. The van der Waals surface area contributed by atoms with Gasteiger partial charge in [-0.25, -0.2) is 4.79 Å². The van der Waals surface area contributed by atoms with E-state index in [9.17, 15) is 14.4 Å². The highest BCUT2D eigenvalue weighted by molar-refractivity contribution is 6.30. The fourth-order valence-electron chi connectivity index (χ4n) is 5.21. The van der Waals surface area contributed by atoms with Crippen LogP contribution in [0.15, 0.2) is 66.7 Å². The Balaban J connectivity index is 1.48. The summed E-state index contributed by atoms with van der Waals surface area (Å²) < 4.78 is 7.44. The number of likely N-dealkylation sites (N-methyl/N-ethyl adjacent to an activating group) is 2. The van der Waals surface area contributed by atoms with Gasteiger partial charge in [0.2, 0.25) is 5.91 Å². The Morgan fingerprint density at radius 1 is 0.975 bits per heavy atom. The fourth-order valence-corrected chi connectivity index (χ4v) is 5.34. The van der Waals surface area contributed by atoms with Gasteiger partial charge in [0.25, 0.3) is 11.7 Å². The van der Waals surface area contributed by atoms with Crippen LogP contribution < -0.4 is 4.90 Å². The van der Waals surface area contributed by atoms with Gasteiger partial charge < -0.3 is 14.5 Å². The van der Waals surface area contributed by atoms with Gasteiger partial charge in [0.1, 0.15) is 19.6 Å². The lowest BCUT2D eigenvalue weighted by atomic mass is 10.1. The zero-order valence-electron chi connectivity index (χ0n) is 22.9. The number of amidine groups is 1. The number of rotatable bonds is 6. The molecule has 206 valence electrons. The summed E-state index contributed by atoms with van der Waals surface area (Å²) in [5.74, 6) is 0.203. The summed E-state index contributed by atoms with van der Waals surface area (Å²) in [7, 11) is 4.16. The minimum atomic E-state index is -0.456. The first kappa shape index (κ1) is 27.4. The van der Waals surface area contributed by atoms with Crippen LogP contribution in [0.3, 0.4) is 0 Å². The van der Waals surface area contributed by atoms with Gasteiger partial charge in [0.15, 0.2) is 0 Å². The molecule has 3 aromatic rings. The van der Waals surface area contributed by atoms with Crippen LogP contribution in [0.1, 0.15) is 44.3 Å². The van der Waals surface area contributed by atoms with Crippen molar-refractivity contribution in [2.45, 2.75) is 20.0 Å². The van der Waals surface area contributed by atoms with E-state index in [1.54, 1.807) is 54.3 Å². The third kappa shape index (κ3) is 5.58. The molecule has 8 nitrogen and oxygen atoms in total. The first-order valence-corrected chi connectivity index (χ1v) is 13.7. The number of carbonyl (C=O) groups excluding carboxylic acids is 3. The smallest absolute Gasteiger partial charge is 0.338 e. The number of fused-ring (bicyclic) bond motifs is 1. The van der Waals surface area contributed by atoms with E-state index in [4.69, 9.17) is 16.3 Å². The number of halogens is 1. The third-order valence-electron chi connectivity index (χ3n) is 7.30. The Bertz CT molecular complexity index is 1480. The van der Waals surface area contributed by atoms with E-state index in [-0.39, 0.29) is 31.5 Å². The van der Waals surface area contributed by atoms with Gasteiger partial charge in [-0.3, -0.25) is 19.1 Å². The second kappa shape index (κ2) is 11.5. The predicted molar refractivity (Wildman–Crippen MR) is 154 cm³/mol. The van der Waals surface area contributed by atoms with Crippen LogP contribution in [-0.4, -0.2) is 78.3 Å². The van der Waals surface area contributed by atoms with Crippen molar-refractivity contribution < 1.29 is 23.7 Å². The number of hydrogen-bond donors (Lipinski definition) is 0. The van der Waals surface area contributed by atoms with Crippen molar-refractivity contribution in [3.05, 3.63) is 99.6 Å². The second-order valence-electron chi connectivity index (χ2n) is 10.1. The summed E-state index contributed by atoms with van der Waals surface area (Å²) in [6.45, 7) is 4.36. The SMILES string of the molecule is CCOC(=O)c1ccc2c(c1)N(Cc1ccc(C3=[N+](C)CCN3C)cc1)C(=O)CN(C(=O)c1ccc(Cl)cc1)C2. The average Bonchev–Trinajstić information content (AvgIpc) is 3.22.